The average Bonchev–Trinajstić information content (AvgIpc) is 3.36. The summed E-state index contributed by atoms with van der Waals surface area (Å²) in [5.41, 5.74) is 4.75. The molecule has 0 aliphatic carbocycles. The van der Waals surface area contributed by atoms with Crippen LogP contribution < -0.4 is 4.90 Å². The fourth-order valence-corrected chi connectivity index (χ4v) is 6.00. The molecule has 0 N–H and O–H groups in total. The second-order valence-electron chi connectivity index (χ2n) is 8.04. The van der Waals surface area contributed by atoms with Gasteiger partial charge in [0.05, 0.1) is 23.9 Å². The molecule has 1 fully saturated rings. The van der Waals surface area contributed by atoms with E-state index in [1.165, 1.54) is 11.8 Å². The minimum Gasteiger partial charge on any atom is -0.311 e. The number of nitrogens with zero attached hydrogens (tertiary/aromatic N) is 3. The number of benzene rings is 3. The van der Waals surface area contributed by atoms with Gasteiger partial charge in [0, 0.05) is 23.4 Å². The molecule has 2 aliphatic heterocycles. The van der Waals surface area contributed by atoms with Crippen LogP contribution in [0.1, 0.15) is 32.6 Å². The third-order valence-electron chi connectivity index (χ3n) is 6.01. The van der Waals surface area contributed by atoms with Crippen LogP contribution in [-0.4, -0.2) is 29.0 Å². The normalized spacial score (nSPS) is 19.3. The van der Waals surface area contributed by atoms with E-state index in [-0.39, 0.29) is 11.8 Å². The molecule has 5 rings (SSSR count). The first-order valence-electron chi connectivity index (χ1n) is 10.5. The molecule has 3 aromatic rings. The largest absolute Gasteiger partial charge is 0.311 e. The van der Waals surface area contributed by atoms with E-state index < -0.39 is 4.87 Å². The average molecular weight is 440 g/mol. The van der Waals surface area contributed by atoms with Crippen molar-refractivity contribution in [1.29, 1.82) is 5.26 Å². The third-order valence-corrected chi connectivity index (χ3v) is 7.43. The van der Waals surface area contributed by atoms with Gasteiger partial charge in [-0.2, -0.15) is 5.26 Å². The number of amides is 2. The first-order chi connectivity index (χ1) is 15.5. The lowest BCUT2D eigenvalue weighted by atomic mass is 10.0. The SMILES string of the molecule is Cc1ccc2c(c1)[C@@]1(SCCN1C(=O)c1ccccc1)C(=O)N2Cc1cccc(C#N)c1. The summed E-state index contributed by atoms with van der Waals surface area (Å²) in [5, 5.41) is 9.26. The summed E-state index contributed by atoms with van der Waals surface area (Å²) in [6, 6.07) is 24.6. The van der Waals surface area contributed by atoms with Crippen molar-refractivity contribution >= 4 is 29.3 Å². The minimum absolute atomic E-state index is 0.104. The standard InChI is InChI=1S/C26H21N3O2S/c1-18-10-11-23-22(14-18)26(25(31)28(23)17-20-7-5-6-19(15-20)16-27)29(12-13-32-26)24(30)21-8-3-2-4-9-21/h2-11,14-15H,12-13,17H2,1H3/t26-/m1/s1. The summed E-state index contributed by atoms with van der Waals surface area (Å²) in [6.07, 6.45) is 0. The molecular formula is C26H21N3O2S. The van der Waals surface area contributed by atoms with Crippen LogP contribution in [0.25, 0.3) is 0 Å². The predicted molar refractivity (Wildman–Crippen MR) is 125 cm³/mol. The molecular weight excluding hydrogens is 418 g/mol. The highest BCUT2D eigenvalue weighted by Crippen LogP contribution is 2.55. The number of aryl methyl sites for hydroxylation is 1. The van der Waals surface area contributed by atoms with Crippen molar-refractivity contribution < 1.29 is 9.59 Å². The highest BCUT2D eigenvalue weighted by atomic mass is 32.2. The van der Waals surface area contributed by atoms with E-state index in [9.17, 15) is 14.9 Å². The van der Waals surface area contributed by atoms with Crippen LogP contribution in [0.2, 0.25) is 0 Å². The van der Waals surface area contributed by atoms with Crippen LogP contribution >= 0.6 is 11.8 Å². The number of fused-ring (bicyclic) bond motifs is 2. The van der Waals surface area contributed by atoms with Gasteiger partial charge in [0.15, 0.2) is 4.87 Å². The monoisotopic (exact) mass is 439 g/mol. The van der Waals surface area contributed by atoms with Gasteiger partial charge < -0.3 is 9.80 Å². The number of hydrogen-bond acceptors (Lipinski definition) is 4. The molecule has 1 atom stereocenters. The molecule has 32 heavy (non-hydrogen) atoms. The summed E-state index contributed by atoms with van der Waals surface area (Å²) in [7, 11) is 0. The zero-order chi connectivity index (χ0) is 22.3. The zero-order valence-corrected chi connectivity index (χ0v) is 18.4. The summed E-state index contributed by atoms with van der Waals surface area (Å²) < 4.78 is 0. The third kappa shape index (κ3) is 3.09. The van der Waals surface area contributed by atoms with Gasteiger partial charge in [0.25, 0.3) is 11.8 Å². The molecule has 158 valence electrons. The van der Waals surface area contributed by atoms with Gasteiger partial charge in [-0.1, -0.05) is 48.0 Å². The number of nitriles is 1. The van der Waals surface area contributed by atoms with E-state index in [2.05, 4.69) is 6.07 Å². The molecule has 1 spiro atoms. The molecule has 2 aliphatic rings. The van der Waals surface area contributed by atoms with E-state index in [1.807, 2.05) is 55.5 Å². The molecule has 0 radical (unpaired) electrons. The van der Waals surface area contributed by atoms with Crippen molar-refractivity contribution in [2.45, 2.75) is 18.3 Å². The van der Waals surface area contributed by atoms with Crippen LogP contribution in [0.15, 0.2) is 72.8 Å². The van der Waals surface area contributed by atoms with E-state index >= 15 is 0 Å². The van der Waals surface area contributed by atoms with Crippen LogP contribution in [0, 0.1) is 18.3 Å². The molecule has 2 heterocycles. The van der Waals surface area contributed by atoms with Crippen LogP contribution in [0.3, 0.4) is 0 Å². The molecule has 3 aromatic carbocycles. The van der Waals surface area contributed by atoms with Crippen molar-refractivity contribution in [1.82, 2.24) is 4.90 Å². The summed E-state index contributed by atoms with van der Waals surface area (Å²) in [4.78, 5) is 30.0. The molecule has 0 bridgehead atoms. The highest BCUT2D eigenvalue weighted by Gasteiger charge is 2.59. The number of hydrogen-bond donors (Lipinski definition) is 0. The van der Waals surface area contributed by atoms with Gasteiger partial charge in [-0.3, -0.25) is 9.59 Å². The Balaban J connectivity index is 1.60. The smallest absolute Gasteiger partial charge is 0.268 e. The maximum absolute atomic E-state index is 14.0. The van der Waals surface area contributed by atoms with Crippen molar-refractivity contribution in [2.75, 3.05) is 17.2 Å². The number of carbonyl (C=O) groups is 2. The summed E-state index contributed by atoms with van der Waals surface area (Å²) >= 11 is 1.53. The van der Waals surface area contributed by atoms with Crippen molar-refractivity contribution in [3.05, 3.63) is 101 Å². The van der Waals surface area contributed by atoms with Crippen molar-refractivity contribution in [3.63, 3.8) is 0 Å². The fourth-order valence-electron chi connectivity index (χ4n) is 4.54. The van der Waals surface area contributed by atoms with Gasteiger partial charge in [-0.05, 0) is 42.8 Å². The quantitative estimate of drug-likeness (QED) is 0.605. The molecule has 5 nitrogen and oxygen atoms in total. The van der Waals surface area contributed by atoms with Gasteiger partial charge in [-0.15, -0.1) is 11.8 Å². The number of anilines is 1. The molecule has 0 saturated carbocycles. The van der Waals surface area contributed by atoms with Gasteiger partial charge in [0.1, 0.15) is 0 Å². The highest BCUT2D eigenvalue weighted by molar-refractivity contribution is 8.01. The Labute approximate surface area is 191 Å². The number of rotatable bonds is 3. The molecule has 6 heteroatoms. The van der Waals surface area contributed by atoms with Crippen LogP contribution in [0.4, 0.5) is 5.69 Å². The lowest BCUT2D eigenvalue weighted by Crippen LogP contribution is -2.50. The van der Waals surface area contributed by atoms with Crippen molar-refractivity contribution in [3.8, 4) is 6.07 Å². The zero-order valence-electron chi connectivity index (χ0n) is 17.6. The Morgan fingerprint density at radius 2 is 1.91 bits per heavy atom. The van der Waals surface area contributed by atoms with Crippen LogP contribution in [0.5, 0.6) is 0 Å². The Hall–Kier alpha value is -3.56. The second kappa shape index (κ2) is 7.85. The molecule has 0 unspecified atom stereocenters. The predicted octanol–water partition coefficient (Wildman–Crippen LogP) is 4.46. The first-order valence-corrected chi connectivity index (χ1v) is 11.5. The number of thioether (sulfide) groups is 1. The van der Waals surface area contributed by atoms with Gasteiger partial charge >= 0.3 is 0 Å². The molecule has 2 amide bonds. The Bertz CT molecular complexity index is 1270. The lowest BCUT2D eigenvalue weighted by Gasteiger charge is -2.33. The molecule has 1 saturated heterocycles. The fraction of sp³-hybridized carbons (Fsp3) is 0.192. The van der Waals surface area contributed by atoms with E-state index in [1.54, 1.807) is 34.1 Å². The summed E-state index contributed by atoms with van der Waals surface area (Å²) in [6.45, 7) is 2.86. The molecule has 0 aromatic heterocycles. The van der Waals surface area contributed by atoms with E-state index in [4.69, 9.17) is 0 Å². The maximum atomic E-state index is 14.0. The maximum Gasteiger partial charge on any atom is 0.268 e. The van der Waals surface area contributed by atoms with Crippen LogP contribution in [-0.2, 0) is 16.2 Å². The Morgan fingerprint density at radius 3 is 2.69 bits per heavy atom. The van der Waals surface area contributed by atoms with Crippen molar-refractivity contribution in [2.24, 2.45) is 0 Å². The topological polar surface area (TPSA) is 64.4 Å². The Kier molecular flexibility index (Phi) is 4.99. The first kappa shape index (κ1) is 20.3. The van der Waals surface area contributed by atoms with Gasteiger partial charge in [0.2, 0.25) is 0 Å². The summed E-state index contributed by atoms with van der Waals surface area (Å²) in [5.74, 6) is 0.451. The van der Waals surface area contributed by atoms with E-state index in [0.29, 0.717) is 30.0 Å². The second-order valence-corrected chi connectivity index (χ2v) is 9.33. The minimum atomic E-state index is -1.07. The van der Waals surface area contributed by atoms with Gasteiger partial charge in [-0.25, -0.2) is 0 Å². The lowest BCUT2D eigenvalue weighted by molar-refractivity contribution is -0.123. The number of carbonyl (C=O) groups excluding carboxylic acids is 2. The van der Waals surface area contributed by atoms with E-state index in [0.717, 1.165) is 22.4 Å². The Morgan fingerprint density at radius 1 is 1.09 bits per heavy atom.